The Kier molecular flexibility index (Phi) is 13.3. The zero-order valence-electron chi connectivity index (χ0n) is 26.0. The van der Waals surface area contributed by atoms with Gasteiger partial charge in [-0.1, -0.05) is 194 Å². The normalized spacial score (nSPS) is 15.7. The first kappa shape index (κ1) is 34.0. The quantitative estimate of drug-likeness (QED) is 0.117. The number of allylic oxidation sites excluding steroid dienone is 2. The predicted octanol–water partition coefficient (Wildman–Crippen LogP) is 8.86. The summed E-state index contributed by atoms with van der Waals surface area (Å²) in [6.07, 6.45) is 9.19. The van der Waals surface area contributed by atoms with Crippen LogP contribution in [0.15, 0.2) is 194 Å². The number of hydrogen-bond acceptors (Lipinski definition) is 0. The Labute approximate surface area is 292 Å². The Morgan fingerprint density at radius 2 is 0.500 bits per heavy atom. The minimum Gasteiger partial charge on any atom is -0.0851 e. The van der Waals surface area contributed by atoms with Gasteiger partial charge in [0.15, 0.2) is 0 Å². The van der Waals surface area contributed by atoms with Crippen LogP contribution in [0.3, 0.4) is 0 Å². The molecule has 0 aliphatic heterocycles. The zero-order valence-corrected chi connectivity index (χ0v) is 30.0. The molecule has 0 unspecified atom stereocenters. The maximum Gasteiger partial charge on any atom is 0 e. The molecular formula is C43H40P2Pt. The average Bonchev–Trinajstić information content (AvgIpc) is 3.79. The van der Waals surface area contributed by atoms with Gasteiger partial charge in [0.2, 0.25) is 0 Å². The topological polar surface area (TPSA) is 0 Å². The molecule has 2 bridgehead atoms. The Morgan fingerprint density at radius 1 is 0.304 bits per heavy atom. The van der Waals surface area contributed by atoms with Gasteiger partial charge >= 0.3 is 0 Å². The first-order chi connectivity index (χ1) is 22.3. The van der Waals surface area contributed by atoms with Crippen LogP contribution >= 0.6 is 15.8 Å². The monoisotopic (exact) mass is 813 g/mol. The largest absolute Gasteiger partial charge is 0.0851 e. The Morgan fingerprint density at radius 3 is 0.630 bits per heavy atom. The van der Waals surface area contributed by atoms with Gasteiger partial charge in [0.25, 0.3) is 0 Å². The number of fused-ring (bicyclic) bond motifs is 2. The van der Waals surface area contributed by atoms with Crippen molar-refractivity contribution < 1.29 is 21.1 Å². The van der Waals surface area contributed by atoms with E-state index in [0.29, 0.717) is 0 Å². The molecular weight excluding hydrogens is 773 g/mol. The first-order valence-corrected chi connectivity index (χ1v) is 18.6. The molecule has 6 aromatic carbocycles. The second-order valence-corrected chi connectivity index (χ2v) is 15.8. The molecule has 232 valence electrons. The van der Waals surface area contributed by atoms with Crippen LogP contribution in [-0.2, 0) is 21.1 Å². The van der Waals surface area contributed by atoms with Crippen molar-refractivity contribution in [1.29, 1.82) is 0 Å². The molecule has 1 fully saturated rings. The molecule has 0 amide bonds. The van der Waals surface area contributed by atoms with E-state index in [1.165, 1.54) is 51.1 Å². The van der Waals surface area contributed by atoms with Gasteiger partial charge in [0, 0.05) is 21.1 Å². The molecule has 3 heteroatoms. The maximum absolute atomic E-state index is 2.38. The van der Waals surface area contributed by atoms with E-state index in [0.717, 1.165) is 11.8 Å². The van der Waals surface area contributed by atoms with Crippen molar-refractivity contribution in [2.24, 2.45) is 11.8 Å². The molecule has 1 saturated carbocycles. The van der Waals surface area contributed by atoms with Crippen molar-refractivity contribution in [2.45, 2.75) is 19.3 Å². The van der Waals surface area contributed by atoms with Crippen molar-refractivity contribution in [1.82, 2.24) is 0 Å². The smallest absolute Gasteiger partial charge is 0 e. The second-order valence-electron chi connectivity index (χ2n) is 11.4. The zero-order chi connectivity index (χ0) is 30.5. The van der Waals surface area contributed by atoms with Crippen molar-refractivity contribution >= 4 is 47.7 Å². The number of benzene rings is 6. The summed E-state index contributed by atoms with van der Waals surface area (Å²) >= 11 is 0. The van der Waals surface area contributed by atoms with Gasteiger partial charge < -0.3 is 0 Å². The van der Waals surface area contributed by atoms with E-state index in [1.807, 2.05) is 0 Å². The summed E-state index contributed by atoms with van der Waals surface area (Å²) in [7, 11) is -0.892. The second kappa shape index (κ2) is 18.1. The van der Waals surface area contributed by atoms with Crippen LogP contribution in [0.5, 0.6) is 0 Å². The van der Waals surface area contributed by atoms with Crippen LogP contribution in [0.25, 0.3) is 0 Å². The minimum absolute atomic E-state index is 0. The van der Waals surface area contributed by atoms with E-state index in [4.69, 9.17) is 0 Å². The van der Waals surface area contributed by atoms with Gasteiger partial charge in [-0.3, -0.25) is 0 Å². The molecule has 0 saturated heterocycles. The maximum atomic E-state index is 2.38. The van der Waals surface area contributed by atoms with Gasteiger partial charge in [-0.15, -0.1) is 0 Å². The minimum atomic E-state index is -0.446. The van der Waals surface area contributed by atoms with E-state index in [-0.39, 0.29) is 21.1 Å². The molecule has 0 N–H and O–H groups in total. The van der Waals surface area contributed by atoms with Crippen LogP contribution < -0.4 is 31.8 Å². The van der Waals surface area contributed by atoms with Crippen LogP contribution in [0.1, 0.15) is 19.3 Å². The molecule has 0 nitrogen and oxygen atoms in total. The van der Waals surface area contributed by atoms with Gasteiger partial charge in [-0.2, -0.15) is 0 Å². The van der Waals surface area contributed by atoms with E-state index < -0.39 is 15.8 Å². The predicted molar refractivity (Wildman–Crippen MR) is 200 cm³/mol. The number of hydrogen-bond donors (Lipinski definition) is 0. The Balaban J connectivity index is 0.000000147. The molecule has 0 heterocycles. The summed E-state index contributed by atoms with van der Waals surface area (Å²) in [5.41, 5.74) is 0. The van der Waals surface area contributed by atoms with E-state index >= 15 is 0 Å². The van der Waals surface area contributed by atoms with Crippen LogP contribution in [-0.4, -0.2) is 0 Å². The fraction of sp³-hybridized carbons (Fsp3) is 0.116. The SMILES string of the molecule is C1=C[C@H]2CC[C@@H]1C2.[Pt].c1ccc(P(c2ccccc2)c2ccccc2)cc1.c1ccc(P(c2ccccc2)c2ccccc2)cc1. The van der Waals surface area contributed by atoms with Crippen molar-refractivity contribution in [3.05, 3.63) is 194 Å². The third kappa shape index (κ3) is 9.34. The van der Waals surface area contributed by atoms with E-state index in [2.05, 4.69) is 194 Å². The van der Waals surface area contributed by atoms with Gasteiger partial charge in [-0.05, 0) is 78.8 Å². The molecule has 46 heavy (non-hydrogen) atoms. The van der Waals surface area contributed by atoms with Crippen molar-refractivity contribution in [3.63, 3.8) is 0 Å². The molecule has 2 aliphatic carbocycles. The third-order valence-electron chi connectivity index (χ3n) is 8.26. The fourth-order valence-electron chi connectivity index (χ4n) is 6.07. The van der Waals surface area contributed by atoms with Crippen LogP contribution in [0.4, 0.5) is 0 Å². The summed E-state index contributed by atoms with van der Waals surface area (Å²) in [5, 5.41) is 8.39. The summed E-state index contributed by atoms with van der Waals surface area (Å²) in [5.74, 6) is 1.98. The first-order valence-electron chi connectivity index (χ1n) is 15.9. The van der Waals surface area contributed by atoms with Crippen LogP contribution in [0, 0.1) is 11.8 Å². The molecule has 6 aromatic rings. The summed E-state index contributed by atoms with van der Waals surface area (Å²) in [6, 6.07) is 64.7. The Bertz CT molecular complexity index is 1390. The molecule has 0 radical (unpaired) electrons. The fourth-order valence-corrected chi connectivity index (χ4v) is 10.7. The van der Waals surface area contributed by atoms with Gasteiger partial charge in [0.05, 0.1) is 0 Å². The Hall–Kier alpha value is -3.39. The average molecular weight is 814 g/mol. The molecule has 8 rings (SSSR count). The summed E-state index contributed by atoms with van der Waals surface area (Å²) < 4.78 is 0. The molecule has 0 aromatic heterocycles. The summed E-state index contributed by atoms with van der Waals surface area (Å²) in [4.78, 5) is 0. The third-order valence-corrected chi connectivity index (χ3v) is 13.1. The van der Waals surface area contributed by atoms with Crippen LogP contribution in [0.2, 0.25) is 0 Å². The standard InChI is InChI=1S/2C18H15P.C7H10.Pt/c2*1-4-10-16(11-5-1)19(17-12-6-2-7-13-17)18-14-8-3-9-15-18;1-2-7-4-3-6(1)5-7;/h2*1-15H;1-2,6-7H,3-5H2;/t;;6-,7+;. The van der Waals surface area contributed by atoms with Gasteiger partial charge in [0.1, 0.15) is 0 Å². The van der Waals surface area contributed by atoms with Crippen molar-refractivity contribution in [3.8, 4) is 0 Å². The number of rotatable bonds is 6. The molecule has 2 atom stereocenters. The van der Waals surface area contributed by atoms with E-state index in [9.17, 15) is 0 Å². The van der Waals surface area contributed by atoms with Gasteiger partial charge in [-0.25, -0.2) is 0 Å². The molecule has 2 aliphatic rings. The summed E-state index contributed by atoms with van der Waals surface area (Å²) in [6.45, 7) is 0. The van der Waals surface area contributed by atoms with Crippen molar-refractivity contribution in [2.75, 3.05) is 0 Å². The van der Waals surface area contributed by atoms with E-state index in [1.54, 1.807) is 0 Å². The molecule has 0 spiro atoms.